The number of amides is 2. The molecule has 8 nitrogen and oxygen atoms in total. The van der Waals surface area contributed by atoms with Crippen LogP contribution in [0.15, 0.2) is 140 Å². The van der Waals surface area contributed by atoms with E-state index < -0.39 is 53.6 Å². The first-order valence-electron chi connectivity index (χ1n) is 17.5. The molecule has 1 aliphatic carbocycles. The van der Waals surface area contributed by atoms with Gasteiger partial charge in [0, 0.05) is 13.0 Å². The number of carboxylic acids is 1. The van der Waals surface area contributed by atoms with Crippen molar-refractivity contribution in [3.8, 4) is 11.1 Å². The number of ketones is 1. The Balaban J connectivity index is 1.30. The van der Waals surface area contributed by atoms with Crippen molar-refractivity contribution in [1.82, 2.24) is 10.2 Å². The molecule has 52 heavy (non-hydrogen) atoms. The minimum atomic E-state index is -1.47. The SMILES string of the molecule is CC(C)[C@@H](C(=O)N[C@@H](CC(=O)O)C(=O)C(c1ccccc1)(c1ccccc1)c1ccccc1)N(C)C(=O)OCC1c2ccccc2-c2ccccc21. The van der Waals surface area contributed by atoms with Crippen LogP contribution >= 0.6 is 0 Å². The Kier molecular flexibility index (Phi) is 10.7. The van der Waals surface area contributed by atoms with Gasteiger partial charge in [-0.2, -0.15) is 0 Å². The molecular formula is C44H42N2O6. The number of carboxylic acid groups (broad SMARTS) is 1. The van der Waals surface area contributed by atoms with E-state index in [0.717, 1.165) is 22.3 Å². The smallest absolute Gasteiger partial charge is 0.410 e. The van der Waals surface area contributed by atoms with Crippen molar-refractivity contribution in [3.63, 3.8) is 0 Å². The van der Waals surface area contributed by atoms with Crippen molar-refractivity contribution in [1.29, 1.82) is 0 Å². The van der Waals surface area contributed by atoms with E-state index in [0.29, 0.717) is 16.7 Å². The van der Waals surface area contributed by atoms with Crippen LogP contribution in [0, 0.1) is 5.92 Å². The number of aliphatic carboxylic acids is 1. The second-order valence-corrected chi connectivity index (χ2v) is 13.5. The molecule has 0 aromatic heterocycles. The van der Waals surface area contributed by atoms with Crippen LogP contribution in [-0.4, -0.2) is 59.5 Å². The molecule has 0 aliphatic heterocycles. The molecule has 0 unspecified atom stereocenters. The van der Waals surface area contributed by atoms with Crippen LogP contribution in [0.1, 0.15) is 54.0 Å². The first-order valence-corrected chi connectivity index (χ1v) is 17.5. The summed E-state index contributed by atoms with van der Waals surface area (Å²) in [4.78, 5) is 56.7. The van der Waals surface area contributed by atoms with Gasteiger partial charge in [-0.3, -0.25) is 19.3 Å². The Morgan fingerprint density at radius 3 is 1.54 bits per heavy atom. The molecule has 8 heteroatoms. The number of fused-ring (bicyclic) bond motifs is 3. The van der Waals surface area contributed by atoms with Gasteiger partial charge in [0.15, 0.2) is 5.78 Å². The molecule has 6 rings (SSSR count). The van der Waals surface area contributed by atoms with Gasteiger partial charge in [-0.1, -0.05) is 153 Å². The average molecular weight is 695 g/mol. The second-order valence-electron chi connectivity index (χ2n) is 13.5. The quantitative estimate of drug-likeness (QED) is 0.124. The summed E-state index contributed by atoms with van der Waals surface area (Å²) in [7, 11) is 1.49. The molecule has 1 aliphatic rings. The molecule has 264 valence electrons. The van der Waals surface area contributed by atoms with Crippen molar-refractivity contribution in [2.45, 2.75) is 43.7 Å². The molecule has 5 aromatic carbocycles. The zero-order valence-electron chi connectivity index (χ0n) is 29.4. The maximum absolute atomic E-state index is 15.2. The largest absolute Gasteiger partial charge is 0.481 e. The lowest BCUT2D eigenvalue weighted by atomic mass is 9.64. The lowest BCUT2D eigenvalue weighted by Crippen LogP contribution is -2.57. The molecule has 0 bridgehead atoms. The van der Waals surface area contributed by atoms with Crippen LogP contribution in [0.4, 0.5) is 4.79 Å². The minimum Gasteiger partial charge on any atom is -0.481 e. The highest BCUT2D eigenvalue weighted by molar-refractivity contribution is 6.04. The van der Waals surface area contributed by atoms with E-state index in [2.05, 4.69) is 17.4 Å². The van der Waals surface area contributed by atoms with Crippen LogP contribution < -0.4 is 5.32 Å². The Morgan fingerprint density at radius 2 is 1.12 bits per heavy atom. The van der Waals surface area contributed by atoms with Gasteiger partial charge < -0.3 is 15.2 Å². The summed E-state index contributed by atoms with van der Waals surface area (Å²) < 4.78 is 5.87. The average Bonchev–Trinajstić information content (AvgIpc) is 3.48. The van der Waals surface area contributed by atoms with E-state index in [1.165, 1.54) is 11.9 Å². The molecule has 0 fully saturated rings. The number of nitrogens with one attached hydrogen (secondary N) is 1. The fourth-order valence-electron chi connectivity index (χ4n) is 7.63. The first kappa shape index (κ1) is 35.8. The Morgan fingerprint density at radius 1 is 0.692 bits per heavy atom. The molecule has 2 atom stereocenters. The summed E-state index contributed by atoms with van der Waals surface area (Å²) in [5.74, 6) is -3.01. The molecule has 0 saturated heterocycles. The molecule has 2 N–H and O–H groups in total. The summed E-state index contributed by atoms with van der Waals surface area (Å²) in [5, 5.41) is 12.9. The fourth-order valence-corrected chi connectivity index (χ4v) is 7.63. The van der Waals surface area contributed by atoms with Crippen LogP contribution in [0.5, 0.6) is 0 Å². The minimum absolute atomic E-state index is 0.0670. The lowest BCUT2D eigenvalue weighted by Gasteiger charge is -2.38. The number of carbonyl (C=O) groups is 4. The number of benzene rings is 5. The highest BCUT2D eigenvalue weighted by Gasteiger charge is 2.48. The molecule has 0 saturated carbocycles. The second kappa shape index (κ2) is 15.5. The highest BCUT2D eigenvalue weighted by atomic mass is 16.6. The predicted molar refractivity (Wildman–Crippen MR) is 200 cm³/mol. The van der Waals surface area contributed by atoms with E-state index >= 15 is 4.79 Å². The van der Waals surface area contributed by atoms with E-state index in [1.54, 1.807) is 13.8 Å². The van der Waals surface area contributed by atoms with Crippen molar-refractivity contribution >= 4 is 23.8 Å². The number of nitrogens with zero attached hydrogens (tertiary/aromatic N) is 1. The fraction of sp³-hybridized carbons (Fsp3) is 0.227. The Labute approximate surface area is 304 Å². The third-order valence-corrected chi connectivity index (χ3v) is 9.94. The Bertz CT molecular complexity index is 1910. The standard InChI is InChI=1S/C44H42N2O6/c1-29(2)40(46(3)43(51)52-28-37-35-25-15-13-23-33(35)34-24-14-16-26-36(34)37)42(50)45-38(27-39(47)48)41(49)44(30-17-7-4-8-18-30,31-19-9-5-10-20-31)32-21-11-6-12-22-32/h4-26,29,37-38,40H,27-28H2,1-3H3,(H,45,50)(H,47,48)/t38-,40-/m0/s1. The number of ether oxygens (including phenoxy) is 1. The van der Waals surface area contributed by atoms with E-state index in [4.69, 9.17) is 4.74 Å². The van der Waals surface area contributed by atoms with Crippen molar-refractivity contribution in [2.75, 3.05) is 13.7 Å². The van der Waals surface area contributed by atoms with Gasteiger partial charge in [0.05, 0.1) is 12.5 Å². The number of hydrogen-bond donors (Lipinski definition) is 2. The zero-order chi connectivity index (χ0) is 36.8. The van der Waals surface area contributed by atoms with Crippen LogP contribution in [0.25, 0.3) is 11.1 Å². The van der Waals surface area contributed by atoms with Gasteiger partial charge >= 0.3 is 12.1 Å². The zero-order valence-corrected chi connectivity index (χ0v) is 29.4. The number of likely N-dealkylation sites (N-methyl/N-ethyl adjacent to an activating group) is 1. The van der Waals surface area contributed by atoms with Gasteiger partial charge in [-0.25, -0.2) is 4.79 Å². The molecule has 0 radical (unpaired) electrons. The van der Waals surface area contributed by atoms with Crippen molar-refractivity contribution in [2.24, 2.45) is 5.92 Å². The van der Waals surface area contributed by atoms with Gasteiger partial charge in [-0.05, 0) is 44.9 Å². The summed E-state index contributed by atoms with van der Waals surface area (Å²) in [6.07, 6.45) is -1.37. The van der Waals surface area contributed by atoms with Gasteiger partial charge in [0.1, 0.15) is 18.1 Å². The number of carbonyl (C=O) groups excluding carboxylic acids is 3. The summed E-state index contributed by atoms with van der Waals surface area (Å²) in [5.41, 5.74) is 4.72. The predicted octanol–water partition coefficient (Wildman–Crippen LogP) is 7.46. The topological polar surface area (TPSA) is 113 Å². The maximum atomic E-state index is 15.2. The summed E-state index contributed by atoms with van der Waals surface area (Å²) in [6, 6.07) is 41.0. The highest BCUT2D eigenvalue weighted by Crippen LogP contribution is 2.45. The lowest BCUT2D eigenvalue weighted by molar-refractivity contribution is -0.141. The number of Topliss-reactive ketones (excluding diaryl/α,β-unsaturated/α-hetero) is 1. The molecule has 2 amide bonds. The van der Waals surface area contributed by atoms with Gasteiger partial charge in [0.2, 0.25) is 5.91 Å². The van der Waals surface area contributed by atoms with Crippen molar-refractivity contribution in [3.05, 3.63) is 167 Å². The monoisotopic (exact) mass is 694 g/mol. The Hall–Kier alpha value is -6.02. The third-order valence-electron chi connectivity index (χ3n) is 9.94. The molecule has 5 aromatic rings. The normalized spacial score (nSPS) is 13.4. The van der Waals surface area contributed by atoms with Crippen LogP contribution in [0.3, 0.4) is 0 Å². The van der Waals surface area contributed by atoms with E-state index in [1.807, 2.05) is 127 Å². The number of hydrogen-bond acceptors (Lipinski definition) is 5. The van der Waals surface area contributed by atoms with Crippen LogP contribution in [0.2, 0.25) is 0 Å². The first-order chi connectivity index (χ1) is 25.1. The molecular weight excluding hydrogens is 652 g/mol. The number of rotatable bonds is 13. The summed E-state index contributed by atoms with van der Waals surface area (Å²) in [6.45, 7) is 3.64. The van der Waals surface area contributed by atoms with E-state index in [9.17, 15) is 19.5 Å². The van der Waals surface area contributed by atoms with Gasteiger partial charge in [0.25, 0.3) is 0 Å². The summed E-state index contributed by atoms with van der Waals surface area (Å²) >= 11 is 0. The third kappa shape index (κ3) is 6.84. The maximum Gasteiger partial charge on any atom is 0.410 e. The molecule has 0 spiro atoms. The van der Waals surface area contributed by atoms with Crippen molar-refractivity contribution < 1.29 is 29.0 Å². The molecule has 0 heterocycles. The van der Waals surface area contributed by atoms with Gasteiger partial charge in [-0.15, -0.1) is 0 Å². The van der Waals surface area contributed by atoms with E-state index in [-0.39, 0.29) is 12.5 Å². The van der Waals surface area contributed by atoms with Crippen LogP contribution in [-0.2, 0) is 24.5 Å².